The smallest absolute Gasteiger partial charge is 0.182 e. The fourth-order valence-electron chi connectivity index (χ4n) is 2.94. The van der Waals surface area contributed by atoms with Crippen LogP contribution in [0.25, 0.3) is 0 Å². The molecule has 1 aliphatic heterocycles. The maximum atomic E-state index is 14.2. The number of benzene rings is 1. The lowest BCUT2D eigenvalue weighted by Crippen LogP contribution is -2.62. The molecule has 0 saturated carbocycles. The SMILES string of the molecule is CC(C)C1CNC(C(C)(C)C)CN1c1cccc(F)c1F. The Balaban J connectivity index is 2.36. The maximum Gasteiger partial charge on any atom is 0.182 e. The predicted molar refractivity (Wildman–Crippen MR) is 83.6 cm³/mol. The number of piperazine rings is 1. The number of halogens is 2. The highest BCUT2D eigenvalue weighted by Crippen LogP contribution is 2.31. The zero-order valence-corrected chi connectivity index (χ0v) is 13.6. The molecule has 0 aliphatic carbocycles. The Kier molecular flexibility index (Phi) is 4.57. The van der Waals surface area contributed by atoms with E-state index in [1.54, 1.807) is 12.1 Å². The molecule has 21 heavy (non-hydrogen) atoms. The van der Waals surface area contributed by atoms with Gasteiger partial charge in [0.15, 0.2) is 11.6 Å². The van der Waals surface area contributed by atoms with Gasteiger partial charge in [-0.05, 0) is 23.5 Å². The Labute approximate surface area is 126 Å². The van der Waals surface area contributed by atoms with Gasteiger partial charge < -0.3 is 10.2 Å². The van der Waals surface area contributed by atoms with E-state index in [4.69, 9.17) is 0 Å². The van der Waals surface area contributed by atoms with Crippen molar-refractivity contribution in [1.29, 1.82) is 0 Å². The van der Waals surface area contributed by atoms with Crippen molar-refractivity contribution < 1.29 is 8.78 Å². The normalized spacial score (nSPS) is 23.7. The number of anilines is 1. The van der Waals surface area contributed by atoms with E-state index in [1.165, 1.54) is 6.07 Å². The van der Waals surface area contributed by atoms with E-state index in [9.17, 15) is 8.78 Å². The summed E-state index contributed by atoms with van der Waals surface area (Å²) in [7, 11) is 0. The molecule has 2 rings (SSSR count). The molecule has 1 aromatic rings. The average Bonchev–Trinajstić information content (AvgIpc) is 2.40. The van der Waals surface area contributed by atoms with Crippen molar-refractivity contribution >= 4 is 5.69 Å². The van der Waals surface area contributed by atoms with Crippen molar-refractivity contribution in [3.05, 3.63) is 29.8 Å². The van der Waals surface area contributed by atoms with Crippen molar-refractivity contribution in [3.63, 3.8) is 0 Å². The van der Waals surface area contributed by atoms with Crippen LogP contribution in [0.4, 0.5) is 14.5 Å². The molecule has 0 amide bonds. The number of rotatable bonds is 2. The third kappa shape index (κ3) is 3.37. The van der Waals surface area contributed by atoms with Crippen LogP contribution in [0, 0.1) is 23.0 Å². The highest BCUT2D eigenvalue weighted by Gasteiger charge is 2.36. The van der Waals surface area contributed by atoms with Crippen molar-refractivity contribution in [2.24, 2.45) is 11.3 Å². The molecule has 1 saturated heterocycles. The molecule has 1 fully saturated rings. The molecule has 1 aliphatic rings. The minimum absolute atomic E-state index is 0.0734. The van der Waals surface area contributed by atoms with Crippen LogP contribution in [-0.2, 0) is 0 Å². The van der Waals surface area contributed by atoms with E-state index in [2.05, 4.69) is 39.9 Å². The van der Waals surface area contributed by atoms with Gasteiger partial charge in [0, 0.05) is 25.2 Å². The third-order valence-electron chi connectivity index (χ3n) is 4.41. The Hall–Kier alpha value is -1.16. The van der Waals surface area contributed by atoms with Gasteiger partial charge in [-0.3, -0.25) is 0 Å². The van der Waals surface area contributed by atoms with Gasteiger partial charge in [-0.15, -0.1) is 0 Å². The molecule has 1 N–H and O–H groups in total. The van der Waals surface area contributed by atoms with Crippen LogP contribution in [0.15, 0.2) is 18.2 Å². The lowest BCUT2D eigenvalue weighted by molar-refractivity contribution is 0.219. The van der Waals surface area contributed by atoms with E-state index in [0.717, 1.165) is 6.54 Å². The Morgan fingerprint density at radius 3 is 2.48 bits per heavy atom. The summed E-state index contributed by atoms with van der Waals surface area (Å²) in [5.41, 5.74) is 0.453. The molecule has 1 heterocycles. The number of hydrogen-bond donors (Lipinski definition) is 1. The summed E-state index contributed by atoms with van der Waals surface area (Å²) in [6.07, 6.45) is 0. The van der Waals surface area contributed by atoms with E-state index in [0.29, 0.717) is 18.2 Å². The minimum Gasteiger partial charge on any atom is -0.363 e. The first-order valence-electron chi connectivity index (χ1n) is 7.66. The molecule has 2 atom stereocenters. The lowest BCUT2D eigenvalue weighted by Gasteiger charge is -2.47. The summed E-state index contributed by atoms with van der Waals surface area (Å²) in [4.78, 5) is 2.04. The highest BCUT2D eigenvalue weighted by molar-refractivity contribution is 5.50. The van der Waals surface area contributed by atoms with Gasteiger partial charge in [0.05, 0.1) is 5.69 Å². The van der Waals surface area contributed by atoms with E-state index in [-0.39, 0.29) is 17.5 Å². The van der Waals surface area contributed by atoms with Crippen LogP contribution in [0.1, 0.15) is 34.6 Å². The van der Waals surface area contributed by atoms with Crippen molar-refractivity contribution in [2.75, 3.05) is 18.0 Å². The second-order valence-corrected chi connectivity index (χ2v) is 7.36. The highest BCUT2D eigenvalue weighted by atomic mass is 19.2. The summed E-state index contributed by atoms with van der Waals surface area (Å²) in [5, 5.41) is 3.57. The van der Waals surface area contributed by atoms with Crippen LogP contribution >= 0.6 is 0 Å². The molecule has 0 bridgehead atoms. The molecule has 0 radical (unpaired) electrons. The van der Waals surface area contributed by atoms with Gasteiger partial charge in [-0.25, -0.2) is 8.78 Å². The predicted octanol–water partition coefficient (Wildman–Crippen LogP) is 3.81. The average molecular weight is 296 g/mol. The largest absolute Gasteiger partial charge is 0.363 e. The van der Waals surface area contributed by atoms with Crippen molar-refractivity contribution in [2.45, 2.75) is 46.7 Å². The minimum atomic E-state index is -0.777. The molecule has 2 nitrogen and oxygen atoms in total. The molecule has 4 heteroatoms. The van der Waals surface area contributed by atoms with Crippen LogP contribution in [0.2, 0.25) is 0 Å². The summed E-state index contributed by atoms with van der Waals surface area (Å²) < 4.78 is 27.8. The Bertz CT molecular complexity index is 494. The number of nitrogens with one attached hydrogen (secondary N) is 1. The second-order valence-electron chi connectivity index (χ2n) is 7.36. The first-order valence-corrected chi connectivity index (χ1v) is 7.66. The van der Waals surface area contributed by atoms with E-state index in [1.807, 2.05) is 4.90 Å². The van der Waals surface area contributed by atoms with Crippen molar-refractivity contribution in [1.82, 2.24) is 5.32 Å². The zero-order valence-electron chi connectivity index (χ0n) is 13.6. The molecule has 0 spiro atoms. The molecule has 2 unspecified atom stereocenters. The summed E-state index contributed by atoms with van der Waals surface area (Å²) in [6.45, 7) is 12.2. The van der Waals surface area contributed by atoms with E-state index < -0.39 is 11.6 Å². The second kappa shape index (κ2) is 5.91. The monoisotopic (exact) mass is 296 g/mol. The standard InChI is InChI=1S/C17H26F2N2/c1-11(2)14-9-20-15(17(3,4)5)10-21(14)13-8-6-7-12(18)16(13)19/h6-8,11,14-15,20H,9-10H2,1-5H3. The molecular weight excluding hydrogens is 270 g/mol. The van der Waals surface area contributed by atoms with Gasteiger partial charge in [0.25, 0.3) is 0 Å². The summed E-state index contributed by atoms with van der Waals surface area (Å²) in [5.74, 6) is -1.15. The molecule has 0 aromatic heterocycles. The van der Waals surface area contributed by atoms with Crippen LogP contribution in [-0.4, -0.2) is 25.2 Å². The molecule has 118 valence electrons. The zero-order chi connectivity index (χ0) is 15.8. The van der Waals surface area contributed by atoms with Crippen LogP contribution < -0.4 is 10.2 Å². The lowest BCUT2D eigenvalue weighted by atomic mass is 9.83. The Morgan fingerprint density at radius 1 is 1.24 bits per heavy atom. The van der Waals surface area contributed by atoms with Crippen molar-refractivity contribution in [3.8, 4) is 0 Å². The topological polar surface area (TPSA) is 15.3 Å². The summed E-state index contributed by atoms with van der Waals surface area (Å²) in [6, 6.07) is 4.85. The van der Waals surface area contributed by atoms with Gasteiger partial charge >= 0.3 is 0 Å². The first kappa shape index (κ1) is 16.2. The van der Waals surface area contributed by atoms with E-state index >= 15 is 0 Å². The summed E-state index contributed by atoms with van der Waals surface area (Å²) >= 11 is 0. The van der Waals surface area contributed by atoms with Gasteiger partial charge in [-0.2, -0.15) is 0 Å². The third-order valence-corrected chi connectivity index (χ3v) is 4.41. The first-order chi connectivity index (χ1) is 9.71. The quantitative estimate of drug-likeness (QED) is 0.892. The molecular formula is C17H26F2N2. The van der Waals surface area contributed by atoms with Gasteiger partial charge in [-0.1, -0.05) is 40.7 Å². The number of hydrogen-bond acceptors (Lipinski definition) is 2. The fraction of sp³-hybridized carbons (Fsp3) is 0.647. The molecule has 1 aromatic carbocycles. The maximum absolute atomic E-state index is 14.2. The number of nitrogens with zero attached hydrogens (tertiary/aromatic N) is 1. The van der Waals surface area contributed by atoms with Gasteiger partial charge in [0.1, 0.15) is 0 Å². The van der Waals surface area contributed by atoms with Gasteiger partial charge in [0.2, 0.25) is 0 Å². The van der Waals surface area contributed by atoms with Crippen LogP contribution in [0.5, 0.6) is 0 Å². The van der Waals surface area contributed by atoms with Crippen LogP contribution in [0.3, 0.4) is 0 Å². The Morgan fingerprint density at radius 2 is 1.90 bits per heavy atom. The fourth-order valence-corrected chi connectivity index (χ4v) is 2.94.